The topological polar surface area (TPSA) is 123 Å². The van der Waals surface area contributed by atoms with Crippen LogP contribution in [-0.2, 0) is 20.7 Å². The Bertz CT molecular complexity index is 971. The van der Waals surface area contributed by atoms with Crippen molar-refractivity contribution >= 4 is 11.8 Å². The van der Waals surface area contributed by atoms with Crippen molar-refractivity contribution in [3.63, 3.8) is 0 Å². The van der Waals surface area contributed by atoms with Crippen LogP contribution in [0.3, 0.4) is 0 Å². The Labute approximate surface area is 180 Å². The molecular weight excluding hydrogens is 404 g/mol. The quantitative estimate of drug-likeness (QED) is 0.576. The number of hydrogen-bond donors (Lipinski definition) is 3. The van der Waals surface area contributed by atoms with Crippen LogP contribution < -0.4 is 4.74 Å². The van der Waals surface area contributed by atoms with Crippen LogP contribution in [0, 0.1) is 5.92 Å². The van der Waals surface area contributed by atoms with Crippen LogP contribution in [0.25, 0.3) is 0 Å². The van der Waals surface area contributed by atoms with E-state index in [1.54, 1.807) is 13.0 Å². The highest BCUT2D eigenvalue weighted by Gasteiger charge is 2.60. The number of carbonyl (C=O) groups excluding carboxylic acids is 2. The molecule has 0 radical (unpaired) electrons. The summed E-state index contributed by atoms with van der Waals surface area (Å²) in [5, 5.41) is 31.1. The molecule has 0 bridgehead atoms. The summed E-state index contributed by atoms with van der Waals surface area (Å²) >= 11 is 0. The molecule has 168 valence electrons. The number of phenolic OH excluding ortho intramolecular Hbond substituents is 1. The predicted molar refractivity (Wildman–Crippen MR) is 107 cm³/mol. The highest BCUT2D eigenvalue weighted by molar-refractivity contribution is 6.04. The molecule has 3 heterocycles. The number of hydrogen-bond acceptors (Lipinski definition) is 8. The summed E-state index contributed by atoms with van der Waals surface area (Å²) in [6.07, 6.45) is -0.677. The number of Topliss-reactive ketones (excluding diaryl/α,β-unsaturated/α-hetero) is 1. The van der Waals surface area contributed by atoms with Crippen molar-refractivity contribution in [2.75, 3.05) is 0 Å². The van der Waals surface area contributed by atoms with E-state index in [2.05, 4.69) is 0 Å². The standard InChI is InChI=1S/C23H28O8/c1-10-4-15-18(6-14-13(12(3)24)5-16(25)19(14)20(15)27)30-23(10)9-22(7-11(2)29-23)8-17(26)21(28)31-22/h6,10-13,17,24,26-27H,4-5,7-9H2,1-3H3. The van der Waals surface area contributed by atoms with Gasteiger partial charge < -0.3 is 29.5 Å². The molecule has 0 aromatic heterocycles. The van der Waals surface area contributed by atoms with Gasteiger partial charge in [0.1, 0.15) is 17.1 Å². The molecule has 4 aliphatic rings. The van der Waals surface area contributed by atoms with Gasteiger partial charge in [-0.25, -0.2) is 4.79 Å². The van der Waals surface area contributed by atoms with E-state index in [1.807, 2.05) is 13.8 Å². The second kappa shape index (κ2) is 6.67. The maximum absolute atomic E-state index is 12.5. The molecule has 2 spiro atoms. The highest BCUT2D eigenvalue weighted by Crippen LogP contribution is 2.54. The van der Waals surface area contributed by atoms with E-state index >= 15 is 0 Å². The summed E-state index contributed by atoms with van der Waals surface area (Å²) in [5.41, 5.74) is 0.549. The Hall–Kier alpha value is -2.16. The number of carbonyl (C=O) groups is 2. The van der Waals surface area contributed by atoms with Crippen molar-refractivity contribution in [2.45, 2.75) is 88.5 Å². The smallest absolute Gasteiger partial charge is 0.335 e. The number of ether oxygens (including phenoxy) is 3. The molecule has 7 unspecified atom stereocenters. The minimum atomic E-state index is -1.15. The molecule has 0 saturated carbocycles. The highest BCUT2D eigenvalue weighted by atomic mass is 16.7. The van der Waals surface area contributed by atoms with Gasteiger partial charge in [0.15, 0.2) is 11.9 Å². The van der Waals surface area contributed by atoms with Crippen molar-refractivity contribution in [1.29, 1.82) is 0 Å². The van der Waals surface area contributed by atoms with Gasteiger partial charge in [-0.3, -0.25) is 4.79 Å². The molecule has 8 heteroatoms. The second-order valence-electron chi connectivity index (χ2n) is 9.79. The van der Waals surface area contributed by atoms with Gasteiger partial charge in [-0.2, -0.15) is 0 Å². The molecule has 2 saturated heterocycles. The zero-order valence-electron chi connectivity index (χ0n) is 17.9. The van der Waals surface area contributed by atoms with Crippen molar-refractivity contribution in [2.24, 2.45) is 5.92 Å². The third-order valence-electron chi connectivity index (χ3n) is 7.39. The van der Waals surface area contributed by atoms with E-state index in [-0.39, 0.29) is 48.4 Å². The Morgan fingerprint density at radius 2 is 1.90 bits per heavy atom. The van der Waals surface area contributed by atoms with Gasteiger partial charge in [0.05, 0.1) is 24.2 Å². The first-order chi connectivity index (χ1) is 14.5. The van der Waals surface area contributed by atoms with Crippen LogP contribution in [0.2, 0.25) is 0 Å². The molecule has 5 rings (SSSR count). The number of rotatable bonds is 1. The average Bonchev–Trinajstić information content (AvgIpc) is 3.12. The van der Waals surface area contributed by atoms with Crippen molar-refractivity contribution in [1.82, 2.24) is 0 Å². The summed E-state index contributed by atoms with van der Waals surface area (Å²) in [4.78, 5) is 24.5. The molecule has 31 heavy (non-hydrogen) atoms. The number of aliphatic hydroxyl groups is 2. The minimum Gasteiger partial charge on any atom is -0.507 e. The molecule has 3 N–H and O–H groups in total. The molecule has 3 aliphatic heterocycles. The van der Waals surface area contributed by atoms with Crippen LogP contribution in [0.5, 0.6) is 11.5 Å². The predicted octanol–water partition coefficient (Wildman–Crippen LogP) is 1.96. The molecule has 0 amide bonds. The van der Waals surface area contributed by atoms with E-state index in [0.717, 1.165) is 0 Å². The number of ketones is 1. The lowest BCUT2D eigenvalue weighted by molar-refractivity contribution is -0.298. The summed E-state index contributed by atoms with van der Waals surface area (Å²) < 4.78 is 18.3. The summed E-state index contributed by atoms with van der Waals surface area (Å²) in [6, 6.07) is 1.74. The van der Waals surface area contributed by atoms with Gasteiger partial charge in [-0.15, -0.1) is 0 Å². The normalized spacial score (nSPS) is 39.9. The lowest BCUT2D eigenvalue weighted by Gasteiger charge is -2.52. The number of esters is 1. The van der Waals surface area contributed by atoms with Crippen molar-refractivity contribution in [3.8, 4) is 11.5 Å². The second-order valence-corrected chi connectivity index (χ2v) is 9.79. The van der Waals surface area contributed by atoms with Crippen LogP contribution >= 0.6 is 0 Å². The number of aromatic hydroxyl groups is 1. The zero-order chi connectivity index (χ0) is 22.3. The maximum atomic E-state index is 12.5. The van der Waals surface area contributed by atoms with Gasteiger partial charge in [0, 0.05) is 36.7 Å². The first kappa shape index (κ1) is 20.7. The summed E-state index contributed by atoms with van der Waals surface area (Å²) in [7, 11) is 0. The van der Waals surface area contributed by atoms with Crippen LogP contribution in [0.15, 0.2) is 6.07 Å². The third-order valence-corrected chi connectivity index (χ3v) is 7.39. The third kappa shape index (κ3) is 2.99. The first-order valence-corrected chi connectivity index (χ1v) is 10.9. The summed E-state index contributed by atoms with van der Waals surface area (Å²) in [5.74, 6) is -2.17. The summed E-state index contributed by atoms with van der Waals surface area (Å²) in [6.45, 7) is 5.45. The molecule has 1 aromatic carbocycles. The van der Waals surface area contributed by atoms with Gasteiger partial charge in [0.2, 0.25) is 5.79 Å². The van der Waals surface area contributed by atoms with Gasteiger partial charge in [-0.05, 0) is 31.9 Å². The number of phenols is 1. The molecule has 7 atom stereocenters. The molecule has 2 fully saturated rings. The van der Waals surface area contributed by atoms with Crippen LogP contribution in [0.4, 0.5) is 0 Å². The fourth-order valence-electron chi connectivity index (χ4n) is 5.98. The molecule has 1 aliphatic carbocycles. The monoisotopic (exact) mass is 432 g/mol. The van der Waals surface area contributed by atoms with E-state index in [1.165, 1.54) is 0 Å². The Kier molecular flexibility index (Phi) is 4.46. The van der Waals surface area contributed by atoms with E-state index in [4.69, 9.17) is 14.2 Å². The van der Waals surface area contributed by atoms with Crippen LogP contribution in [0.1, 0.15) is 73.9 Å². The van der Waals surface area contributed by atoms with Gasteiger partial charge in [-0.1, -0.05) is 6.92 Å². The van der Waals surface area contributed by atoms with E-state index < -0.39 is 35.5 Å². The lowest BCUT2D eigenvalue weighted by atomic mass is 9.75. The molecule has 1 aromatic rings. The number of aliphatic hydroxyl groups excluding tert-OH is 2. The SMILES string of the molecule is CC1CC2(CC(O)C(=O)O2)CC2(Oc3cc4c(c(O)c3CC2C)C(=O)CC4C(C)O)O1. The van der Waals surface area contributed by atoms with E-state index in [9.17, 15) is 24.9 Å². The van der Waals surface area contributed by atoms with Gasteiger partial charge >= 0.3 is 5.97 Å². The van der Waals surface area contributed by atoms with Crippen molar-refractivity contribution in [3.05, 3.63) is 22.8 Å². The molecule has 8 nitrogen and oxygen atoms in total. The number of benzene rings is 1. The fraction of sp³-hybridized carbons (Fsp3) is 0.652. The van der Waals surface area contributed by atoms with Crippen molar-refractivity contribution < 1.29 is 39.1 Å². The Morgan fingerprint density at radius 3 is 2.55 bits per heavy atom. The number of fused-ring (bicyclic) bond motifs is 2. The lowest BCUT2D eigenvalue weighted by Crippen LogP contribution is -2.59. The maximum Gasteiger partial charge on any atom is 0.335 e. The zero-order valence-corrected chi connectivity index (χ0v) is 17.9. The Morgan fingerprint density at radius 1 is 1.16 bits per heavy atom. The minimum absolute atomic E-state index is 0.0800. The fourth-order valence-corrected chi connectivity index (χ4v) is 5.98. The van der Waals surface area contributed by atoms with Crippen LogP contribution in [-0.4, -0.2) is 56.8 Å². The van der Waals surface area contributed by atoms with Gasteiger partial charge in [0.25, 0.3) is 0 Å². The first-order valence-electron chi connectivity index (χ1n) is 10.9. The Balaban J connectivity index is 1.56. The van der Waals surface area contributed by atoms with E-state index in [0.29, 0.717) is 29.7 Å². The average molecular weight is 432 g/mol. The largest absolute Gasteiger partial charge is 0.507 e. The molecular formula is C23H28O8.